The normalized spacial score (nSPS) is 18.1. The summed E-state index contributed by atoms with van der Waals surface area (Å²) in [4.78, 5) is 44.9. The molecule has 69 heavy (non-hydrogen) atoms. The molecule has 0 saturated carbocycles. The number of rotatable bonds is 11. The fourth-order valence-corrected chi connectivity index (χ4v) is 7.90. The van der Waals surface area contributed by atoms with E-state index in [1.54, 1.807) is 60.1 Å². The first-order valence-corrected chi connectivity index (χ1v) is 21.5. The highest BCUT2D eigenvalue weighted by Gasteiger charge is 2.31. The fourth-order valence-electron chi connectivity index (χ4n) is 7.90. The van der Waals surface area contributed by atoms with Crippen LogP contribution >= 0.6 is 0 Å². The maximum Gasteiger partial charge on any atom is 0.333 e. The minimum Gasteiger partial charge on any atom is -0.481 e. The van der Waals surface area contributed by atoms with Gasteiger partial charge in [-0.15, -0.1) is 0 Å². The first-order chi connectivity index (χ1) is 32.9. The van der Waals surface area contributed by atoms with Crippen LogP contribution in [0.5, 0.6) is 0 Å². The Labute approximate surface area is 391 Å². The molecule has 15 nitrogen and oxygen atoms in total. The maximum absolute atomic E-state index is 14.7. The Morgan fingerprint density at radius 2 is 1.03 bits per heavy atom. The van der Waals surface area contributed by atoms with Crippen molar-refractivity contribution in [3.63, 3.8) is 0 Å². The van der Waals surface area contributed by atoms with Crippen LogP contribution in [0.3, 0.4) is 0 Å². The number of hydrogen-bond acceptors (Lipinski definition) is 9. The molecule has 0 bridgehead atoms. The van der Waals surface area contributed by atoms with E-state index in [1.165, 1.54) is 36.4 Å². The lowest BCUT2D eigenvalue weighted by atomic mass is 9.85. The third-order valence-electron chi connectivity index (χ3n) is 11.4. The summed E-state index contributed by atoms with van der Waals surface area (Å²) in [6.07, 6.45) is 2.23. The molecule has 4 aromatic carbocycles. The maximum atomic E-state index is 14.7. The lowest BCUT2D eigenvalue weighted by Crippen LogP contribution is -2.50. The molecule has 5 atom stereocenters. The molecule has 364 valence electrons. The van der Waals surface area contributed by atoms with Crippen LogP contribution in [0.1, 0.15) is 62.9 Å². The number of nitrogens with zero attached hydrogens (tertiary/aromatic N) is 4. The Hall–Kier alpha value is -7.36. The lowest BCUT2D eigenvalue weighted by molar-refractivity contribution is -0.152. The monoisotopic (exact) mass is 962 g/mol. The van der Waals surface area contributed by atoms with Crippen LogP contribution in [-0.2, 0) is 23.7 Å². The smallest absolute Gasteiger partial charge is 0.333 e. The van der Waals surface area contributed by atoms with Crippen LogP contribution in [0, 0.1) is 34.9 Å². The Bertz CT molecular complexity index is 2630. The van der Waals surface area contributed by atoms with Crippen LogP contribution in [0.25, 0.3) is 22.5 Å². The van der Waals surface area contributed by atoms with Crippen molar-refractivity contribution in [2.75, 3.05) is 26.2 Å². The Morgan fingerprint density at radius 3 is 1.35 bits per heavy atom. The number of aryl methyl sites for hydroxylation is 2. The number of hydrogen-bond donors (Lipinski definition) is 7. The number of carboxylic acids is 2. The van der Waals surface area contributed by atoms with E-state index < -0.39 is 71.2 Å². The minimum absolute atomic E-state index is 0.0794. The van der Waals surface area contributed by atoms with Crippen molar-refractivity contribution in [3.05, 3.63) is 154 Å². The van der Waals surface area contributed by atoms with Gasteiger partial charge >= 0.3 is 11.9 Å². The molecule has 2 fully saturated rings. The summed E-state index contributed by atoms with van der Waals surface area (Å²) >= 11 is 0. The van der Waals surface area contributed by atoms with Gasteiger partial charge in [0.05, 0.1) is 28.9 Å². The topological polar surface area (TPSA) is 213 Å². The summed E-state index contributed by atoms with van der Waals surface area (Å²) in [6, 6.07) is 19.0. The van der Waals surface area contributed by atoms with Crippen LogP contribution in [-0.4, -0.2) is 103 Å². The molecule has 6 aromatic rings. The van der Waals surface area contributed by atoms with Gasteiger partial charge in [0.25, 0.3) is 11.8 Å². The van der Waals surface area contributed by atoms with Crippen LogP contribution in [0.4, 0.5) is 26.3 Å². The van der Waals surface area contributed by atoms with E-state index in [1.807, 2.05) is 0 Å². The molecule has 0 radical (unpaired) electrons. The van der Waals surface area contributed by atoms with Gasteiger partial charge in [-0.25, -0.2) is 31.1 Å². The predicted octanol–water partition coefficient (Wildman–Crippen LogP) is 5.67. The number of aliphatic hydroxyl groups is 1. The van der Waals surface area contributed by atoms with Crippen LogP contribution in [0.2, 0.25) is 0 Å². The Balaban J connectivity index is 0.000000193. The molecule has 2 aromatic heterocycles. The average Bonchev–Trinajstić information content (AvgIpc) is 3.96. The number of carbonyl (C=O) groups is 4. The Morgan fingerprint density at radius 1 is 0.609 bits per heavy atom. The molecule has 21 heteroatoms. The zero-order valence-corrected chi connectivity index (χ0v) is 37.1. The molecule has 0 aliphatic carbocycles. The number of aliphatic hydroxyl groups excluding tert-OH is 1. The zero-order valence-electron chi connectivity index (χ0n) is 37.1. The summed E-state index contributed by atoms with van der Waals surface area (Å²) < 4.78 is 86.5. The predicted molar refractivity (Wildman–Crippen MR) is 239 cm³/mol. The van der Waals surface area contributed by atoms with E-state index in [0.717, 1.165) is 24.3 Å². The molecule has 1 unspecified atom stereocenters. The number of carboxylic acid groups (broad SMARTS) is 2. The highest BCUT2D eigenvalue weighted by molar-refractivity contribution is 5.96. The van der Waals surface area contributed by atoms with E-state index in [4.69, 9.17) is 15.3 Å². The number of amides is 2. The van der Waals surface area contributed by atoms with E-state index in [0.29, 0.717) is 72.7 Å². The van der Waals surface area contributed by atoms with E-state index in [-0.39, 0.29) is 35.0 Å². The highest BCUT2D eigenvalue weighted by Crippen LogP contribution is 2.30. The van der Waals surface area contributed by atoms with Crippen LogP contribution < -0.4 is 21.3 Å². The van der Waals surface area contributed by atoms with Crippen LogP contribution in [0.15, 0.2) is 97.3 Å². The lowest BCUT2D eigenvalue weighted by Gasteiger charge is -2.33. The molecule has 2 amide bonds. The van der Waals surface area contributed by atoms with Crippen molar-refractivity contribution in [1.29, 1.82) is 0 Å². The fraction of sp³-hybridized carbons (Fsp3) is 0.292. The molecule has 2 aliphatic rings. The second kappa shape index (κ2) is 23.1. The number of carbonyl (C=O) groups excluding carboxylic acids is 2. The molecule has 8 rings (SSSR count). The molecular formula is C48H48F6N8O7. The summed E-state index contributed by atoms with van der Waals surface area (Å²) in [7, 11) is 3.53. The van der Waals surface area contributed by atoms with Gasteiger partial charge in [0.1, 0.15) is 11.6 Å². The number of halogens is 6. The summed E-state index contributed by atoms with van der Waals surface area (Å²) in [6.45, 7) is 2.26. The van der Waals surface area contributed by atoms with Gasteiger partial charge in [0.15, 0.2) is 29.4 Å². The number of benzene rings is 4. The highest BCUT2D eigenvalue weighted by atomic mass is 19.2. The Kier molecular flexibility index (Phi) is 17.1. The molecule has 7 N–H and O–H groups in total. The number of aliphatic carboxylic acids is 2. The summed E-state index contributed by atoms with van der Waals surface area (Å²) in [5.74, 6) is -9.34. The zero-order chi connectivity index (χ0) is 49.9. The number of nitrogens with one attached hydrogen (secondary N) is 4. The van der Waals surface area contributed by atoms with E-state index in [9.17, 15) is 45.5 Å². The van der Waals surface area contributed by atoms with E-state index >= 15 is 0 Å². The summed E-state index contributed by atoms with van der Waals surface area (Å²) in [5.41, 5.74) is 3.41. The molecular weight excluding hydrogens is 915 g/mol. The van der Waals surface area contributed by atoms with E-state index in [2.05, 4.69) is 31.5 Å². The second-order valence-corrected chi connectivity index (χ2v) is 16.3. The largest absolute Gasteiger partial charge is 0.481 e. The van der Waals surface area contributed by atoms with Crippen molar-refractivity contribution >= 4 is 23.8 Å². The number of piperidine rings is 2. The van der Waals surface area contributed by atoms with Crippen molar-refractivity contribution in [2.24, 2.45) is 14.1 Å². The SMILES string of the molecule is Cn1ccc(-c2ccc(C(=O)N[C@@H]3CNCC[C@H]3c3ccc(F)c(F)c3)c(F)c2)n1.Cn1ccc(-c2ccc(C(=O)N[C@@H]3CNCC[C@H]3c3ccc(F)c(F)c3)c(F)c2)n1.O=C(O)CC(O)C(=O)O. The third kappa shape index (κ3) is 13.4. The van der Waals surface area contributed by atoms with Gasteiger partial charge < -0.3 is 36.6 Å². The van der Waals surface area contributed by atoms with Gasteiger partial charge in [-0.3, -0.25) is 23.7 Å². The average molecular weight is 963 g/mol. The molecule has 2 saturated heterocycles. The quantitative estimate of drug-likeness (QED) is 0.0787. The first kappa shape index (κ1) is 51.0. The first-order valence-electron chi connectivity index (χ1n) is 21.5. The van der Waals surface area contributed by atoms with Crippen molar-refractivity contribution in [1.82, 2.24) is 40.8 Å². The number of aromatic nitrogens is 4. The second-order valence-electron chi connectivity index (χ2n) is 16.3. The standard InChI is InChI=1S/2C22H21F3N4O.C4H6O5/c2*1-29-9-7-20(28-29)14-2-4-16(18(24)11-14)22(30)27-21-12-26-8-6-15(21)13-3-5-17(23)19(25)10-13;5-2(4(8)9)1-3(6)7/h2*2-5,7,9-11,15,21,26H,6,8,12H2,1H3,(H,27,30);2,5H,1H2,(H,6,7)(H,8,9)/t2*15-,21+;/m00./s1. The van der Waals surface area contributed by atoms with Crippen molar-refractivity contribution in [2.45, 2.75) is 49.3 Å². The molecule has 0 spiro atoms. The third-order valence-corrected chi connectivity index (χ3v) is 11.4. The minimum atomic E-state index is -1.79. The van der Waals surface area contributed by atoms with Gasteiger partial charge in [-0.1, -0.05) is 24.3 Å². The van der Waals surface area contributed by atoms with Crippen molar-refractivity contribution in [3.8, 4) is 22.5 Å². The van der Waals surface area contributed by atoms with Gasteiger partial charge in [0.2, 0.25) is 0 Å². The van der Waals surface area contributed by atoms with Gasteiger partial charge in [0, 0.05) is 74.6 Å². The summed E-state index contributed by atoms with van der Waals surface area (Å²) in [5, 5.41) is 44.7. The van der Waals surface area contributed by atoms with Gasteiger partial charge in [-0.2, -0.15) is 10.2 Å². The van der Waals surface area contributed by atoms with Crippen molar-refractivity contribution < 1.29 is 60.8 Å². The van der Waals surface area contributed by atoms with Gasteiger partial charge in [-0.05, 0) is 97.7 Å². The molecule has 4 heterocycles. The molecule has 2 aliphatic heterocycles.